The van der Waals surface area contributed by atoms with Gasteiger partial charge in [-0.2, -0.15) is 0 Å². The number of carbonyl (C=O) groups is 2. The van der Waals surface area contributed by atoms with Gasteiger partial charge in [-0.25, -0.2) is 4.79 Å². The Labute approximate surface area is 114 Å². The summed E-state index contributed by atoms with van der Waals surface area (Å²) in [6.07, 6.45) is 1.88. The fourth-order valence-corrected chi connectivity index (χ4v) is 1.48. The van der Waals surface area contributed by atoms with Crippen LogP contribution in [0.15, 0.2) is 35.9 Å². The van der Waals surface area contributed by atoms with Crippen LogP contribution in [0.25, 0.3) is 6.08 Å². The highest BCUT2D eigenvalue weighted by molar-refractivity contribution is 6.20. The Balaban J connectivity index is 2.92. The van der Waals surface area contributed by atoms with E-state index in [0.717, 1.165) is 5.56 Å². The predicted molar refractivity (Wildman–Crippen MR) is 75.5 cm³/mol. The van der Waals surface area contributed by atoms with Crippen LogP contribution >= 0.6 is 0 Å². The molecule has 0 aliphatic rings. The third kappa shape index (κ3) is 5.08. The minimum Gasteiger partial charge on any atom is -0.462 e. The maximum atomic E-state index is 11.9. The first-order valence-corrected chi connectivity index (χ1v) is 6.51. The van der Waals surface area contributed by atoms with E-state index in [1.54, 1.807) is 13.0 Å². The SMILES string of the molecule is CCC(=O)C(=Cc1ccccc1)C(=O)OCC(C)C. The maximum absolute atomic E-state index is 11.9. The largest absolute Gasteiger partial charge is 0.462 e. The van der Waals surface area contributed by atoms with E-state index in [9.17, 15) is 9.59 Å². The van der Waals surface area contributed by atoms with E-state index in [1.807, 2.05) is 44.2 Å². The molecule has 102 valence electrons. The summed E-state index contributed by atoms with van der Waals surface area (Å²) in [6.45, 7) is 5.96. The zero-order valence-corrected chi connectivity index (χ0v) is 11.7. The van der Waals surface area contributed by atoms with Crippen LogP contribution in [0.4, 0.5) is 0 Å². The number of ketones is 1. The lowest BCUT2D eigenvalue weighted by Gasteiger charge is -2.09. The van der Waals surface area contributed by atoms with E-state index in [-0.39, 0.29) is 23.7 Å². The van der Waals surface area contributed by atoms with Crippen molar-refractivity contribution in [1.82, 2.24) is 0 Å². The molecule has 0 unspecified atom stereocenters. The Bertz CT molecular complexity index is 458. The molecule has 0 aliphatic carbocycles. The van der Waals surface area contributed by atoms with E-state index in [1.165, 1.54) is 0 Å². The topological polar surface area (TPSA) is 43.4 Å². The molecule has 0 radical (unpaired) electrons. The molecule has 0 aromatic heterocycles. The van der Waals surface area contributed by atoms with E-state index in [2.05, 4.69) is 0 Å². The van der Waals surface area contributed by atoms with E-state index in [0.29, 0.717) is 6.61 Å². The van der Waals surface area contributed by atoms with Crippen LogP contribution in [0.2, 0.25) is 0 Å². The molecule has 0 amide bonds. The van der Waals surface area contributed by atoms with Gasteiger partial charge in [0.1, 0.15) is 5.57 Å². The van der Waals surface area contributed by atoms with Crippen LogP contribution in [0.5, 0.6) is 0 Å². The molecular formula is C16H20O3. The Morgan fingerprint density at radius 3 is 2.37 bits per heavy atom. The smallest absolute Gasteiger partial charge is 0.341 e. The van der Waals surface area contributed by atoms with Crippen LogP contribution in [-0.2, 0) is 14.3 Å². The number of hydrogen-bond donors (Lipinski definition) is 0. The molecule has 0 N–H and O–H groups in total. The molecular weight excluding hydrogens is 240 g/mol. The second-order valence-electron chi connectivity index (χ2n) is 4.74. The van der Waals surface area contributed by atoms with Crippen molar-refractivity contribution >= 4 is 17.8 Å². The fraction of sp³-hybridized carbons (Fsp3) is 0.375. The van der Waals surface area contributed by atoms with Crippen LogP contribution < -0.4 is 0 Å². The van der Waals surface area contributed by atoms with Gasteiger partial charge in [0, 0.05) is 6.42 Å². The zero-order chi connectivity index (χ0) is 14.3. The summed E-state index contributed by atoms with van der Waals surface area (Å²) in [7, 11) is 0. The minimum atomic E-state index is -0.538. The third-order valence-corrected chi connectivity index (χ3v) is 2.50. The van der Waals surface area contributed by atoms with Gasteiger partial charge in [-0.3, -0.25) is 4.79 Å². The van der Waals surface area contributed by atoms with Crippen LogP contribution in [0.3, 0.4) is 0 Å². The minimum absolute atomic E-state index is 0.120. The first-order valence-electron chi connectivity index (χ1n) is 6.51. The summed E-state index contributed by atoms with van der Waals surface area (Å²) in [5.41, 5.74) is 0.940. The Kier molecular flexibility index (Phi) is 6.00. The van der Waals surface area contributed by atoms with Gasteiger partial charge in [-0.15, -0.1) is 0 Å². The number of carbonyl (C=O) groups excluding carboxylic acids is 2. The molecule has 0 saturated carbocycles. The van der Waals surface area contributed by atoms with Crippen molar-refractivity contribution in [2.45, 2.75) is 27.2 Å². The second kappa shape index (κ2) is 7.52. The fourth-order valence-electron chi connectivity index (χ4n) is 1.48. The standard InChI is InChI=1S/C16H20O3/c1-4-15(17)14(16(18)19-11-12(2)3)10-13-8-6-5-7-9-13/h5-10,12H,4,11H2,1-3H3. The number of benzene rings is 1. The first-order chi connectivity index (χ1) is 9.04. The van der Waals surface area contributed by atoms with Crippen molar-refractivity contribution in [3.05, 3.63) is 41.5 Å². The quantitative estimate of drug-likeness (QED) is 0.341. The number of esters is 1. The Morgan fingerprint density at radius 1 is 1.21 bits per heavy atom. The van der Waals surface area contributed by atoms with Crippen molar-refractivity contribution in [3.63, 3.8) is 0 Å². The highest BCUT2D eigenvalue weighted by atomic mass is 16.5. The van der Waals surface area contributed by atoms with Crippen LogP contribution in [0, 0.1) is 5.92 Å². The third-order valence-electron chi connectivity index (χ3n) is 2.50. The summed E-state index contributed by atoms with van der Waals surface area (Å²) in [5.74, 6) is -0.485. The van der Waals surface area contributed by atoms with E-state index >= 15 is 0 Å². The van der Waals surface area contributed by atoms with Crippen LogP contribution in [0.1, 0.15) is 32.8 Å². The molecule has 0 heterocycles. The lowest BCUT2D eigenvalue weighted by atomic mass is 10.1. The number of ether oxygens (including phenoxy) is 1. The molecule has 0 spiro atoms. The van der Waals surface area contributed by atoms with Gasteiger partial charge in [0.15, 0.2) is 5.78 Å². The lowest BCUT2D eigenvalue weighted by molar-refractivity contribution is -0.141. The van der Waals surface area contributed by atoms with Crippen molar-refractivity contribution in [3.8, 4) is 0 Å². The normalized spacial score (nSPS) is 11.5. The molecule has 1 aromatic carbocycles. The van der Waals surface area contributed by atoms with Gasteiger partial charge in [0.05, 0.1) is 6.61 Å². The first kappa shape index (κ1) is 15.2. The zero-order valence-electron chi connectivity index (χ0n) is 11.7. The molecule has 0 bridgehead atoms. The average Bonchev–Trinajstić information content (AvgIpc) is 2.42. The predicted octanol–water partition coefficient (Wildman–Crippen LogP) is 3.25. The van der Waals surface area contributed by atoms with Gasteiger partial charge in [0.25, 0.3) is 0 Å². The van der Waals surface area contributed by atoms with Crippen molar-refractivity contribution in [2.75, 3.05) is 6.61 Å². The van der Waals surface area contributed by atoms with Gasteiger partial charge >= 0.3 is 5.97 Å². The molecule has 3 nitrogen and oxygen atoms in total. The Hall–Kier alpha value is -1.90. The average molecular weight is 260 g/mol. The van der Waals surface area contributed by atoms with Gasteiger partial charge < -0.3 is 4.74 Å². The molecule has 3 heteroatoms. The van der Waals surface area contributed by atoms with E-state index < -0.39 is 5.97 Å². The second-order valence-corrected chi connectivity index (χ2v) is 4.74. The van der Waals surface area contributed by atoms with Crippen molar-refractivity contribution in [2.24, 2.45) is 5.92 Å². The van der Waals surface area contributed by atoms with Gasteiger partial charge in [-0.05, 0) is 17.6 Å². The van der Waals surface area contributed by atoms with Crippen molar-refractivity contribution < 1.29 is 14.3 Å². The van der Waals surface area contributed by atoms with Gasteiger partial charge in [0.2, 0.25) is 0 Å². The number of hydrogen-bond acceptors (Lipinski definition) is 3. The summed E-state index contributed by atoms with van der Waals surface area (Å²) in [4.78, 5) is 23.8. The summed E-state index contributed by atoms with van der Waals surface area (Å²) in [6, 6.07) is 9.30. The Morgan fingerprint density at radius 2 is 1.84 bits per heavy atom. The summed E-state index contributed by atoms with van der Waals surface area (Å²) >= 11 is 0. The molecule has 1 aromatic rings. The molecule has 0 atom stereocenters. The summed E-state index contributed by atoms with van der Waals surface area (Å²) < 4.78 is 5.13. The molecule has 1 rings (SSSR count). The molecule has 0 fully saturated rings. The molecule has 0 saturated heterocycles. The van der Waals surface area contributed by atoms with Crippen LogP contribution in [-0.4, -0.2) is 18.4 Å². The summed E-state index contributed by atoms with van der Waals surface area (Å²) in [5, 5.41) is 0. The van der Waals surface area contributed by atoms with Gasteiger partial charge in [-0.1, -0.05) is 51.1 Å². The molecule has 0 aliphatic heterocycles. The monoisotopic (exact) mass is 260 g/mol. The van der Waals surface area contributed by atoms with Crippen molar-refractivity contribution in [1.29, 1.82) is 0 Å². The highest BCUT2D eigenvalue weighted by Gasteiger charge is 2.18. The highest BCUT2D eigenvalue weighted by Crippen LogP contribution is 2.11. The number of rotatable bonds is 6. The maximum Gasteiger partial charge on any atom is 0.341 e. The molecule has 19 heavy (non-hydrogen) atoms. The lowest BCUT2D eigenvalue weighted by Crippen LogP contribution is -2.17. The van der Waals surface area contributed by atoms with E-state index in [4.69, 9.17) is 4.74 Å². The number of Topliss-reactive ketones (excluding diaryl/α,β-unsaturated/α-hetero) is 1.